The highest BCUT2D eigenvalue weighted by Crippen LogP contribution is 2.40. The summed E-state index contributed by atoms with van der Waals surface area (Å²) < 4.78 is 0. The lowest BCUT2D eigenvalue weighted by Crippen LogP contribution is -2.62. The zero-order chi connectivity index (χ0) is 14.5. The Morgan fingerprint density at radius 1 is 1.37 bits per heavy atom. The smallest absolute Gasteiger partial charge is 0.239 e. The molecular formula is C15H31N3O. The predicted octanol–water partition coefficient (Wildman–Crippen LogP) is 1.60. The summed E-state index contributed by atoms with van der Waals surface area (Å²) in [5, 5.41) is 3.23. The van der Waals surface area contributed by atoms with Crippen LogP contribution < -0.4 is 11.1 Å². The molecule has 1 saturated carbocycles. The maximum absolute atomic E-state index is 11.9. The van der Waals surface area contributed by atoms with Crippen LogP contribution in [0.1, 0.15) is 46.5 Å². The van der Waals surface area contributed by atoms with Crippen LogP contribution in [0.4, 0.5) is 0 Å². The van der Waals surface area contributed by atoms with E-state index < -0.39 is 5.54 Å². The summed E-state index contributed by atoms with van der Waals surface area (Å²) >= 11 is 0. The van der Waals surface area contributed by atoms with Crippen LogP contribution in [0.2, 0.25) is 0 Å². The van der Waals surface area contributed by atoms with Crippen molar-refractivity contribution >= 4 is 5.91 Å². The number of nitrogens with two attached hydrogens (primary N) is 1. The molecule has 4 nitrogen and oxygen atoms in total. The standard InChI is InChI=1S/C15H31N3O/c1-5-12(6-2)10-18(7-3)11-15(17-4,14(16)19)13-8-9-13/h12-13,17H,5-11H2,1-4H3,(H2,16,19). The molecule has 112 valence electrons. The van der Waals surface area contributed by atoms with Crippen molar-refractivity contribution < 1.29 is 4.79 Å². The van der Waals surface area contributed by atoms with Gasteiger partial charge in [0.05, 0.1) is 0 Å². The first-order chi connectivity index (χ1) is 9.03. The monoisotopic (exact) mass is 269 g/mol. The number of nitrogens with one attached hydrogen (secondary N) is 1. The van der Waals surface area contributed by atoms with Crippen LogP contribution in [-0.4, -0.2) is 43.0 Å². The third kappa shape index (κ3) is 3.93. The van der Waals surface area contributed by atoms with Gasteiger partial charge >= 0.3 is 0 Å². The van der Waals surface area contributed by atoms with Crippen molar-refractivity contribution in [3.63, 3.8) is 0 Å². The highest BCUT2D eigenvalue weighted by atomic mass is 16.1. The van der Waals surface area contributed by atoms with Crippen molar-refractivity contribution in [1.82, 2.24) is 10.2 Å². The Hall–Kier alpha value is -0.610. The lowest BCUT2D eigenvalue weighted by Gasteiger charge is -2.37. The topological polar surface area (TPSA) is 58.4 Å². The van der Waals surface area contributed by atoms with Gasteiger partial charge in [0, 0.05) is 13.1 Å². The van der Waals surface area contributed by atoms with E-state index in [0.29, 0.717) is 11.8 Å². The van der Waals surface area contributed by atoms with Crippen molar-refractivity contribution in [2.45, 2.75) is 52.0 Å². The summed E-state index contributed by atoms with van der Waals surface area (Å²) in [4.78, 5) is 14.3. The fourth-order valence-corrected chi connectivity index (χ4v) is 2.96. The Morgan fingerprint density at radius 2 is 1.95 bits per heavy atom. The van der Waals surface area contributed by atoms with Crippen molar-refractivity contribution in [1.29, 1.82) is 0 Å². The largest absolute Gasteiger partial charge is 0.368 e. The Morgan fingerprint density at radius 3 is 2.26 bits per heavy atom. The second kappa shape index (κ2) is 7.25. The second-order valence-corrected chi connectivity index (χ2v) is 5.87. The van der Waals surface area contributed by atoms with E-state index in [1.54, 1.807) is 0 Å². The first kappa shape index (κ1) is 16.4. The fourth-order valence-electron chi connectivity index (χ4n) is 2.96. The zero-order valence-corrected chi connectivity index (χ0v) is 13.0. The Kier molecular flexibility index (Phi) is 6.27. The number of primary amides is 1. The van der Waals surface area contributed by atoms with Gasteiger partial charge in [-0.05, 0) is 38.3 Å². The third-order valence-corrected chi connectivity index (χ3v) is 4.75. The number of rotatable bonds is 10. The zero-order valence-electron chi connectivity index (χ0n) is 13.0. The minimum absolute atomic E-state index is 0.194. The van der Waals surface area contributed by atoms with Crippen LogP contribution in [0.25, 0.3) is 0 Å². The van der Waals surface area contributed by atoms with Crippen molar-refractivity contribution in [3.8, 4) is 0 Å². The molecule has 1 rings (SSSR count). The SMILES string of the molecule is CCC(CC)CN(CC)CC(NC)(C(N)=O)C1CC1. The van der Waals surface area contributed by atoms with E-state index in [1.165, 1.54) is 12.8 Å². The molecule has 0 aliphatic heterocycles. The van der Waals surface area contributed by atoms with Gasteiger partial charge < -0.3 is 16.0 Å². The molecular weight excluding hydrogens is 238 g/mol. The molecule has 19 heavy (non-hydrogen) atoms. The van der Waals surface area contributed by atoms with E-state index in [0.717, 1.165) is 32.5 Å². The van der Waals surface area contributed by atoms with E-state index >= 15 is 0 Å². The second-order valence-electron chi connectivity index (χ2n) is 5.87. The van der Waals surface area contributed by atoms with E-state index in [2.05, 4.69) is 31.0 Å². The fraction of sp³-hybridized carbons (Fsp3) is 0.933. The van der Waals surface area contributed by atoms with Gasteiger partial charge in [0.2, 0.25) is 5.91 Å². The highest BCUT2D eigenvalue weighted by molar-refractivity contribution is 5.86. The molecule has 0 spiro atoms. The van der Waals surface area contributed by atoms with Gasteiger partial charge in [-0.25, -0.2) is 0 Å². The van der Waals surface area contributed by atoms with Crippen LogP contribution in [-0.2, 0) is 4.79 Å². The molecule has 0 radical (unpaired) electrons. The average Bonchev–Trinajstić information content (AvgIpc) is 3.24. The molecule has 0 aromatic heterocycles. The summed E-state index contributed by atoms with van der Waals surface area (Å²) in [5.74, 6) is 0.938. The number of carbonyl (C=O) groups excluding carboxylic acids is 1. The molecule has 1 amide bonds. The molecule has 1 aliphatic carbocycles. The summed E-state index contributed by atoms with van der Waals surface area (Å²) in [6.45, 7) is 9.42. The molecule has 0 heterocycles. The van der Waals surface area contributed by atoms with Gasteiger partial charge in [0.1, 0.15) is 5.54 Å². The summed E-state index contributed by atoms with van der Waals surface area (Å²) in [6, 6.07) is 0. The third-order valence-electron chi connectivity index (χ3n) is 4.75. The number of hydrogen-bond acceptors (Lipinski definition) is 3. The Bertz CT molecular complexity index is 287. The minimum atomic E-state index is -0.526. The molecule has 0 aromatic carbocycles. The number of likely N-dealkylation sites (N-methyl/N-ethyl adjacent to an activating group) is 2. The number of nitrogens with zero attached hydrogens (tertiary/aromatic N) is 1. The molecule has 0 bridgehead atoms. The molecule has 3 N–H and O–H groups in total. The lowest BCUT2D eigenvalue weighted by atomic mass is 9.90. The van der Waals surface area contributed by atoms with Crippen LogP contribution in [0, 0.1) is 11.8 Å². The minimum Gasteiger partial charge on any atom is -0.368 e. The molecule has 0 saturated heterocycles. The molecule has 0 aromatic rings. The van der Waals surface area contributed by atoms with E-state index in [-0.39, 0.29) is 5.91 Å². The number of amides is 1. The summed E-state index contributed by atoms with van der Waals surface area (Å²) in [6.07, 6.45) is 4.62. The van der Waals surface area contributed by atoms with Crippen LogP contribution in [0.5, 0.6) is 0 Å². The average molecular weight is 269 g/mol. The maximum Gasteiger partial charge on any atom is 0.239 e. The normalized spacial score (nSPS) is 18.8. The summed E-state index contributed by atoms with van der Waals surface area (Å²) in [7, 11) is 1.87. The van der Waals surface area contributed by atoms with Gasteiger partial charge in [-0.1, -0.05) is 33.6 Å². The maximum atomic E-state index is 11.9. The molecule has 1 fully saturated rings. The van der Waals surface area contributed by atoms with E-state index in [9.17, 15) is 4.79 Å². The van der Waals surface area contributed by atoms with Gasteiger partial charge in [-0.3, -0.25) is 4.79 Å². The van der Waals surface area contributed by atoms with Gasteiger partial charge in [0.15, 0.2) is 0 Å². The Labute approximate surface area is 118 Å². The van der Waals surface area contributed by atoms with Crippen molar-refractivity contribution in [2.75, 3.05) is 26.7 Å². The molecule has 1 atom stereocenters. The first-order valence-corrected chi connectivity index (χ1v) is 7.75. The predicted molar refractivity (Wildman–Crippen MR) is 79.9 cm³/mol. The first-order valence-electron chi connectivity index (χ1n) is 7.75. The summed E-state index contributed by atoms with van der Waals surface area (Å²) in [5.41, 5.74) is 5.17. The highest BCUT2D eigenvalue weighted by Gasteiger charge is 2.49. The van der Waals surface area contributed by atoms with Gasteiger partial charge in [-0.15, -0.1) is 0 Å². The van der Waals surface area contributed by atoms with Crippen LogP contribution in [0.3, 0.4) is 0 Å². The van der Waals surface area contributed by atoms with E-state index in [4.69, 9.17) is 5.73 Å². The quantitative estimate of drug-likeness (QED) is 0.633. The van der Waals surface area contributed by atoms with Crippen LogP contribution in [0.15, 0.2) is 0 Å². The Balaban J connectivity index is 2.72. The number of hydrogen-bond donors (Lipinski definition) is 2. The van der Waals surface area contributed by atoms with Gasteiger partial charge in [-0.2, -0.15) is 0 Å². The van der Waals surface area contributed by atoms with Crippen molar-refractivity contribution in [2.24, 2.45) is 17.6 Å². The lowest BCUT2D eigenvalue weighted by molar-refractivity contribution is -0.126. The van der Waals surface area contributed by atoms with E-state index in [1.807, 2.05) is 7.05 Å². The molecule has 1 aliphatic rings. The number of carbonyl (C=O) groups is 1. The molecule has 4 heteroatoms. The van der Waals surface area contributed by atoms with Crippen LogP contribution >= 0.6 is 0 Å². The van der Waals surface area contributed by atoms with Crippen molar-refractivity contribution in [3.05, 3.63) is 0 Å². The van der Waals surface area contributed by atoms with Gasteiger partial charge in [0.25, 0.3) is 0 Å². The molecule has 1 unspecified atom stereocenters.